The van der Waals surface area contributed by atoms with E-state index in [0.717, 1.165) is 38.4 Å². The molecule has 6 nitrogen and oxygen atoms in total. The topological polar surface area (TPSA) is 76.0 Å². The summed E-state index contributed by atoms with van der Waals surface area (Å²) in [5.74, 6) is -0.736. The van der Waals surface area contributed by atoms with E-state index in [1.807, 2.05) is 48.0 Å². The Hall–Kier alpha value is -4.45. The Balaban J connectivity index is 1.49. The summed E-state index contributed by atoms with van der Waals surface area (Å²) in [5.41, 5.74) is 3.11. The van der Waals surface area contributed by atoms with E-state index < -0.39 is 6.04 Å². The molecule has 0 aliphatic rings. The molecule has 0 saturated heterocycles. The summed E-state index contributed by atoms with van der Waals surface area (Å²) in [5, 5.41) is 10.4. The number of nitrogens with zero attached hydrogens (tertiary/aromatic N) is 2. The van der Waals surface area contributed by atoms with E-state index in [1.54, 1.807) is 19.6 Å². The molecule has 0 aliphatic carbocycles. The van der Waals surface area contributed by atoms with Crippen LogP contribution in [0.3, 0.4) is 0 Å². The molecular formula is C32H32N4O2. The third-order valence-corrected chi connectivity index (χ3v) is 7.27. The van der Waals surface area contributed by atoms with Crippen LogP contribution in [0.2, 0.25) is 0 Å². The molecule has 5 aromatic rings. The number of aromatic nitrogens is 2. The lowest BCUT2D eigenvalue weighted by Gasteiger charge is -2.23. The molecule has 1 atom stereocenters. The number of rotatable bonds is 9. The van der Waals surface area contributed by atoms with Crippen molar-refractivity contribution >= 4 is 33.4 Å². The number of aryl methyl sites for hydroxylation is 1. The van der Waals surface area contributed by atoms with Crippen molar-refractivity contribution in [3.8, 4) is 0 Å². The standard InChI is InChI=1S/C32H32N4O2/c1-33-32(38)30(19-27-20-34-21-36(27)2)35-31(37)26(17-24-13-7-11-22-9-3-5-15-28(22)24)18-25-14-8-12-23-10-4-6-16-29(23)25/h3-16,20-21,26,30H,17-19H2,1-2H3,(H,33,38)(H,35,37)/t30-/m0/s1. The van der Waals surface area contributed by atoms with Gasteiger partial charge in [0.25, 0.3) is 0 Å². The van der Waals surface area contributed by atoms with Gasteiger partial charge in [-0.1, -0.05) is 84.9 Å². The van der Waals surface area contributed by atoms with E-state index in [2.05, 4.69) is 64.1 Å². The molecule has 0 unspecified atom stereocenters. The van der Waals surface area contributed by atoms with Crippen molar-refractivity contribution in [2.24, 2.45) is 13.0 Å². The number of hydrogen-bond donors (Lipinski definition) is 2. The fourth-order valence-corrected chi connectivity index (χ4v) is 5.19. The first-order chi connectivity index (χ1) is 18.5. The zero-order valence-electron chi connectivity index (χ0n) is 21.7. The quantitative estimate of drug-likeness (QED) is 0.308. The van der Waals surface area contributed by atoms with Crippen LogP contribution in [0.5, 0.6) is 0 Å². The first kappa shape index (κ1) is 25.2. The van der Waals surface area contributed by atoms with Crippen LogP contribution in [-0.4, -0.2) is 34.5 Å². The number of carbonyl (C=O) groups is 2. The van der Waals surface area contributed by atoms with Crippen LogP contribution in [0.1, 0.15) is 16.8 Å². The predicted molar refractivity (Wildman–Crippen MR) is 152 cm³/mol. The van der Waals surface area contributed by atoms with Crippen LogP contribution in [0, 0.1) is 5.92 Å². The zero-order chi connectivity index (χ0) is 26.5. The Kier molecular flexibility index (Phi) is 7.50. The summed E-state index contributed by atoms with van der Waals surface area (Å²) >= 11 is 0. The molecule has 0 bridgehead atoms. The Morgan fingerprint density at radius 1 is 0.763 bits per heavy atom. The van der Waals surface area contributed by atoms with E-state index in [-0.39, 0.29) is 17.7 Å². The second-order valence-corrected chi connectivity index (χ2v) is 9.76. The van der Waals surface area contributed by atoms with Gasteiger partial charge < -0.3 is 15.2 Å². The maximum Gasteiger partial charge on any atom is 0.242 e. The van der Waals surface area contributed by atoms with Gasteiger partial charge in [-0.2, -0.15) is 0 Å². The summed E-state index contributed by atoms with van der Waals surface area (Å²) in [6.45, 7) is 0. The predicted octanol–water partition coefficient (Wildman–Crippen LogP) is 4.60. The molecule has 0 saturated carbocycles. The fraction of sp³-hybridized carbons (Fsp3) is 0.219. The van der Waals surface area contributed by atoms with Crippen LogP contribution in [0.4, 0.5) is 0 Å². The van der Waals surface area contributed by atoms with Gasteiger partial charge in [0.05, 0.1) is 6.33 Å². The van der Waals surface area contributed by atoms with E-state index in [1.165, 1.54) is 0 Å². The second kappa shape index (κ2) is 11.3. The van der Waals surface area contributed by atoms with Gasteiger partial charge in [-0.15, -0.1) is 0 Å². The number of nitrogens with one attached hydrogen (secondary N) is 2. The second-order valence-electron chi connectivity index (χ2n) is 9.76. The summed E-state index contributed by atoms with van der Waals surface area (Å²) < 4.78 is 1.87. The average Bonchev–Trinajstić information content (AvgIpc) is 3.36. The number of benzene rings is 4. The minimum atomic E-state index is -0.703. The highest BCUT2D eigenvalue weighted by molar-refractivity contribution is 5.91. The van der Waals surface area contributed by atoms with Crippen LogP contribution >= 0.6 is 0 Å². The van der Waals surface area contributed by atoms with Crippen LogP contribution in [0.15, 0.2) is 97.5 Å². The average molecular weight is 505 g/mol. The number of amides is 2. The Bertz CT molecular complexity index is 1500. The number of carbonyl (C=O) groups excluding carboxylic acids is 2. The minimum absolute atomic E-state index is 0.137. The van der Waals surface area contributed by atoms with Gasteiger partial charge in [-0.25, -0.2) is 4.98 Å². The third-order valence-electron chi connectivity index (χ3n) is 7.27. The van der Waals surface area contributed by atoms with Crippen molar-refractivity contribution in [1.82, 2.24) is 20.2 Å². The monoisotopic (exact) mass is 504 g/mol. The van der Waals surface area contributed by atoms with Crippen molar-refractivity contribution in [3.05, 3.63) is 114 Å². The van der Waals surface area contributed by atoms with Crippen LogP contribution in [0.25, 0.3) is 21.5 Å². The number of fused-ring (bicyclic) bond motifs is 2. The van der Waals surface area contributed by atoms with Crippen molar-refractivity contribution in [2.75, 3.05) is 7.05 Å². The first-order valence-corrected chi connectivity index (χ1v) is 12.9. The number of hydrogen-bond acceptors (Lipinski definition) is 3. The van der Waals surface area contributed by atoms with E-state index >= 15 is 0 Å². The molecule has 0 radical (unpaired) electrons. The van der Waals surface area contributed by atoms with Crippen LogP contribution < -0.4 is 10.6 Å². The molecule has 0 spiro atoms. The third kappa shape index (κ3) is 5.44. The minimum Gasteiger partial charge on any atom is -0.357 e. The first-order valence-electron chi connectivity index (χ1n) is 12.9. The molecule has 192 valence electrons. The lowest BCUT2D eigenvalue weighted by Crippen LogP contribution is -2.49. The Morgan fingerprint density at radius 3 is 1.84 bits per heavy atom. The molecule has 2 N–H and O–H groups in total. The molecule has 1 heterocycles. The Morgan fingerprint density at radius 2 is 1.32 bits per heavy atom. The van der Waals surface area contributed by atoms with Crippen molar-refractivity contribution in [1.29, 1.82) is 0 Å². The highest BCUT2D eigenvalue weighted by Gasteiger charge is 2.27. The SMILES string of the molecule is CNC(=O)[C@H](Cc1cncn1C)NC(=O)C(Cc1cccc2ccccc12)Cc1cccc2ccccc12. The van der Waals surface area contributed by atoms with Gasteiger partial charge in [0.1, 0.15) is 6.04 Å². The van der Waals surface area contributed by atoms with E-state index in [4.69, 9.17) is 0 Å². The normalized spacial score (nSPS) is 12.1. The molecule has 38 heavy (non-hydrogen) atoms. The van der Waals surface area contributed by atoms with Crippen molar-refractivity contribution < 1.29 is 9.59 Å². The van der Waals surface area contributed by atoms with Gasteiger partial charge in [0.2, 0.25) is 11.8 Å². The molecule has 2 amide bonds. The van der Waals surface area contributed by atoms with Gasteiger partial charge >= 0.3 is 0 Å². The Labute approximate surface area is 222 Å². The number of imidazole rings is 1. The molecule has 1 aromatic heterocycles. The van der Waals surface area contributed by atoms with Gasteiger partial charge in [0.15, 0.2) is 0 Å². The maximum absolute atomic E-state index is 14.0. The fourth-order valence-electron chi connectivity index (χ4n) is 5.19. The molecule has 0 aliphatic heterocycles. The molecular weight excluding hydrogens is 472 g/mol. The lowest BCUT2D eigenvalue weighted by molar-refractivity contribution is -0.130. The summed E-state index contributed by atoms with van der Waals surface area (Å²) in [6.07, 6.45) is 4.90. The zero-order valence-corrected chi connectivity index (χ0v) is 21.7. The van der Waals surface area contributed by atoms with Gasteiger partial charge in [0, 0.05) is 38.3 Å². The maximum atomic E-state index is 14.0. The highest BCUT2D eigenvalue weighted by Crippen LogP contribution is 2.26. The van der Waals surface area contributed by atoms with Crippen molar-refractivity contribution in [2.45, 2.75) is 25.3 Å². The molecule has 4 aromatic carbocycles. The smallest absolute Gasteiger partial charge is 0.242 e. The number of likely N-dealkylation sites (N-methyl/N-ethyl adjacent to an activating group) is 1. The molecule has 6 heteroatoms. The summed E-state index contributed by atoms with van der Waals surface area (Å²) in [7, 11) is 3.48. The summed E-state index contributed by atoms with van der Waals surface area (Å²) in [4.78, 5) is 30.9. The highest BCUT2D eigenvalue weighted by atomic mass is 16.2. The van der Waals surface area contributed by atoms with Crippen LogP contribution in [-0.2, 0) is 35.9 Å². The largest absolute Gasteiger partial charge is 0.357 e. The molecule has 0 fully saturated rings. The van der Waals surface area contributed by atoms with Gasteiger partial charge in [-0.05, 0) is 45.5 Å². The van der Waals surface area contributed by atoms with E-state index in [0.29, 0.717) is 19.3 Å². The summed E-state index contributed by atoms with van der Waals surface area (Å²) in [6, 6.07) is 28.3. The lowest BCUT2D eigenvalue weighted by atomic mass is 9.87. The van der Waals surface area contributed by atoms with Gasteiger partial charge in [-0.3, -0.25) is 9.59 Å². The van der Waals surface area contributed by atoms with Crippen molar-refractivity contribution in [3.63, 3.8) is 0 Å². The van der Waals surface area contributed by atoms with E-state index in [9.17, 15) is 9.59 Å². The molecule has 5 rings (SSSR count).